The van der Waals surface area contributed by atoms with Gasteiger partial charge in [0.2, 0.25) is 0 Å². The van der Waals surface area contributed by atoms with Crippen LogP contribution in [0.1, 0.15) is 21.5 Å². The topological polar surface area (TPSA) is 75.6 Å². The van der Waals surface area contributed by atoms with Crippen molar-refractivity contribution in [3.63, 3.8) is 0 Å². The van der Waals surface area contributed by atoms with Crippen molar-refractivity contribution in [3.05, 3.63) is 70.2 Å². The minimum Gasteiger partial charge on any atom is -0.452 e. The molecule has 2 aromatic carbocycles. The Labute approximate surface area is 138 Å². The Balaban J connectivity index is 1.76. The maximum atomic E-state index is 11.8. The lowest BCUT2D eigenvalue weighted by molar-refractivity contribution is -0.124. The Bertz CT molecular complexity index is 668. The number of carbonyl (C=O) groups is 2. The van der Waals surface area contributed by atoms with E-state index in [0.717, 1.165) is 5.56 Å². The number of amides is 1. The second-order valence-corrected chi connectivity index (χ2v) is 5.27. The maximum absolute atomic E-state index is 11.8. The van der Waals surface area contributed by atoms with E-state index in [1.807, 2.05) is 0 Å². The van der Waals surface area contributed by atoms with E-state index in [-0.39, 0.29) is 19.1 Å². The summed E-state index contributed by atoms with van der Waals surface area (Å²) in [5.41, 5.74) is 1.92. The molecule has 2 aromatic rings. The first-order valence-electron chi connectivity index (χ1n) is 6.96. The number of carbonyl (C=O) groups excluding carboxylic acids is 2. The third-order valence-electron chi connectivity index (χ3n) is 3.11. The molecule has 0 unspecified atom stereocenters. The van der Waals surface area contributed by atoms with Gasteiger partial charge < -0.3 is 15.2 Å². The minimum absolute atomic E-state index is 0.0948. The van der Waals surface area contributed by atoms with E-state index in [9.17, 15) is 9.59 Å². The van der Waals surface area contributed by atoms with Crippen LogP contribution in [0.15, 0.2) is 48.5 Å². The molecule has 0 aliphatic rings. The maximum Gasteiger partial charge on any atom is 0.338 e. The van der Waals surface area contributed by atoms with Gasteiger partial charge in [0.1, 0.15) is 0 Å². The standard InChI is InChI=1S/C17H16ClNO4/c18-15-7-3-12(4-8-15)9-19-16(21)11-23-17(22)14-5-1-13(10-20)2-6-14/h1-8,20H,9-11H2,(H,19,21). The number of halogens is 1. The van der Waals surface area contributed by atoms with Crippen LogP contribution < -0.4 is 5.32 Å². The van der Waals surface area contributed by atoms with Gasteiger partial charge in [0.15, 0.2) is 6.61 Å². The Morgan fingerprint density at radius 2 is 1.61 bits per heavy atom. The van der Waals surface area contributed by atoms with Crippen LogP contribution in [0.3, 0.4) is 0 Å². The molecule has 0 bridgehead atoms. The quantitative estimate of drug-likeness (QED) is 0.795. The number of aliphatic hydroxyl groups is 1. The minimum atomic E-state index is -0.587. The Hall–Kier alpha value is -2.37. The zero-order chi connectivity index (χ0) is 16.7. The molecule has 0 spiro atoms. The van der Waals surface area contributed by atoms with Gasteiger partial charge in [-0.25, -0.2) is 4.79 Å². The van der Waals surface area contributed by atoms with Crippen molar-refractivity contribution in [1.29, 1.82) is 0 Å². The predicted molar refractivity (Wildman–Crippen MR) is 85.9 cm³/mol. The van der Waals surface area contributed by atoms with Crippen LogP contribution >= 0.6 is 11.6 Å². The van der Waals surface area contributed by atoms with E-state index in [0.29, 0.717) is 22.7 Å². The van der Waals surface area contributed by atoms with Crippen LogP contribution in [0.4, 0.5) is 0 Å². The molecule has 0 radical (unpaired) electrons. The van der Waals surface area contributed by atoms with Crippen molar-refractivity contribution < 1.29 is 19.4 Å². The molecule has 1 amide bonds. The number of esters is 1. The molecule has 5 nitrogen and oxygen atoms in total. The molecule has 0 atom stereocenters. The van der Waals surface area contributed by atoms with E-state index in [4.69, 9.17) is 21.4 Å². The lowest BCUT2D eigenvalue weighted by Gasteiger charge is -2.07. The van der Waals surface area contributed by atoms with E-state index in [1.54, 1.807) is 48.5 Å². The van der Waals surface area contributed by atoms with Crippen molar-refractivity contribution in [2.75, 3.05) is 6.61 Å². The average Bonchev–Trinajstić information content (AvgIpc) is 2.59. The molecule has 0 aliphatic heterocycles. The first kappa shape index (κ1) is 17.0. The van der Waals surface area contributed by atoms with Gasteiger partial charge >= 0.3 is 5.97 Å². The van der Waals surface area contributed by atoms with Crippen molar-refractivity contribution in [2.45, 2.75) is 13.2 Å². The van der Waals surface area contributed by atoms with Crippen LogP contribution in [0.5, 0.6) is 0 Å². The highest BCUT2D eigenvalue weighted by Crippen LogP contribution is 2.09. The highest BCUT2D eigenvalue weighted by atomic mass is 35.5. The monoisotopic (exact) mass is 333 g/mol. The molecule has 23 heavy (non-hydrogen) atoms. The largest absolute Gasteiger partial charge is 0.452 e. The molecule has 2 rings (SSSR count). The summed E-state index contributed by atoms with van der Waals surface area (Å²) in [4.78, 5) is 23.5. The van der Waals surface area contributed by atoms with Gasteiger partial charge in [-0.15, -0.1) is 0 Å². The van der Waals surface area contributed by atoms with E-state index in [1.165, 1.54) is 0 Å². The number of hydrogen-bond acceptors (Lipinski definition) is 4. The van der Waals surface area contributed by atoms with Crippen LogP contribution in [-0.4, -0.2) is 23.6 Å². The summed E-state index contributed by atoms with van der Waals surface area (Å²) in [5, 5.41) is 12.2. The number of ether oxygens (including phenoxy) is 1. The van der Waals surface area contributed by atoms with E-state index < -0.39 is 5.97 Å². The summed E-state index contributed by atoms with van der Waals surface area (Å²) in [6.07, 6.45) is 0. The summed E-state index contributed by atoms with van der Waals surface area (Å²) in [7, 11) is 0. The summed E-state index contributed by atoms with van der Waals surface area (Å²) in [5.74, 6) is -0.976. The van der Waals surface area contributed by atoms with E-state index >= 15 is 0 Å². The molecule has 0 aliphatic carbocycles. The van der Waals surface area contributed by atoms with Crippen LogP contribution in [0.2, 0.25) is 5.02 Å². The fourth-order valence-corrected chi connectivity index (χ4v) is 1.94. The zero-order valence-corrected chi connectivity index (χ0v) is 13.0. The third-order valence-corrected chi connectivity index (χ3v) is 3.36. The average molecular weight is 334 g/mol. The van der Waals surface area contributed by atoms with Crippen molar-refractivity contribution in [2.24, 2.45) is 0 Å². The first-order valence-corrected chi connectivity index (χ1v) is 7.34. The third kappa shape index (κ3) is 5.39. The second-order valence-electron chi connectivity index (χ2n) is 4.83. The summed E-state index contributed by atoms with van der Waals surface area (Å²) < 4.78 is 4.94. The van der Waals surface area contributed by atoms with Gasteiger partial charge in [0.05, 0.1) is 12.2 Å². The molecule has 0 aromatic heterocycles. The van der Waals surface area contributed by atoms with E-state index in [2.05, 4.69) is 5.32 Å². The van der Waals surface area contributed by atoms with Gasteiger partial charge in [0, 0.05) is 11.6 Å². The number of nitrogens with one attached hydrogen (secondary N) is 1. The molecule has 120 valence electrons. The van der Waals surface area contributed by atoms with Crippen LogP contribution in [0.25, 0.3) is 0 Å². The number of aliphatic hydroxyl groups excluding tert-OH is 1. The predicted octanol–water partition coefficient (Wildman–Crippen LogP) is 2.31. The fourth-order valence-electron chi connectivity index (χ4n) is 1.81. The first-order chi connectivity index (χ1) is 11.1. The molecule has 2 N–H and O–H groups in total. The summed E-state index contributed by atoms with van der Waals surface area (Å²) >= 11 is 5.78. The Morgan fingerprint density at radius 1 is 1.00 bits per heavy atom. The van der Waals surface area contributed by atoms with Gasteiger partial charge in [-0.1, -0.05) is 35.9 Å². The SMILES string of the molecule is O=C(COC(=O)c1ccc(CO)cc1)NCc1ccc(Cl)cc1. The molecular weight excluding hydrogens is 318 g/mol. The molecule has 6 heteroatoms. The van der Waals surface area contributed by atoms with Gasteiger partial charge in [-0.2, -0.15) is 0 Å². The lowest BCUT2D eigenvalue weighted by Crippen LogP contribution is -2.28. The Morgan fingerprint density at radius 3 is 2.22 bits per heavy atom. The highest BCUT2D eigenvalue weighted by molar-refractivity contribution is 6.30. The van der Waals surface area contributed by atoms with Gasteiger partial charge in [-0.3, -0.25) is 4.79 Å². The zero-order valence-electron chi connectivity index (χ0n) is 12.3. The van der Waals surface area contributed by atoms with Crippen LogP contribution in [0, 0.1) is 0 Å². The fraction of sp³-hybridized carbons (Fsp3) is 0.176. The summed E-state index contributed by atoms with van der Waals surface area (Å²) in [6.45, 7) is -0.116. The normalized spacial score (nSPS) is 10.2. The second kappa shape index (κ2) is 8.31. The number of benzene rings is 2. The smallest absolute Gasteiger partial charge is 0.338 e. The molecule has 0 heterocycles. The van der Waals surface area contributed by atoms with Crippen molar-refractivity contribution >= 4 is 23.5 Å². The van der Waals surface area contributed by atoms with Gasteiger partial charge in [0.25, 0.3) is 5.91 Å². The number of rotatable bonds is 6. The molecule has 0 fully saturated rings. The van der Waals surface area contributed by atoms with Gasteiger partial charge in [-0.05, 0) is 35.4 Å². The molecular formula is C17H16ClNO4. The lowest BCUT2D eigenvalue weighted by atomic mass is 10.1. The van der Waals surface area contributed by atoms with Crippen LogP contribution in [-0.2, 0) is 22.7 Å². The highest BCUT2D eigenvalue weighted by Gasteiger charge is 2.10. The molecule has 0 saturated heterocycles. The number of hydrogen-bond donors (Lipinski definition) is 2. The van der Waals surface area contributed by atoms with Crippen molar-refractivity contribution in [3.8, 4) is 0 Å². The Kier molecular flexibility index (Phi) is 6.14. The molecule has 0 saturated carbocycles. The summed E-state index contributed by atoms with van der Waals surface area (Å²) in [6, 6.07) is 13.4. The van der Waals surface area contributed by atoms with Crippen molar-refractivity contribution in [1.82, 2.24) is 5.32 Å².